The summed E-state index contributed by atoms with van der Waals surface area (Å²) in [6, 6.07) is 0.893. The van der Waals surface area contributed by atoms with E-state index in [1.165, 1.54) is 58.3 Å². The van der Waals surface area contributed by atoms with Crippen LogP contribution < -0.4 is 5.32 Å². The monoisotopic (exact) mass is 194 g/mol. The largest absolute Gasteiger partial charge is 0.314 e. The first-order chi connectivity index (χ1) is 6.93. The van der Waals surface area contributed by atoms with Gasteiger partial charge in [-0.15, -0.1) is 0 Å². The van der Waals surface area contributed by atoms with Gasteiger partial charge in [0.2, 0.25) is 0 Å². The van der Waals surface area contributed by atoms with Gasteiger partial charge in [0.15, 0.2) is 0 Å². The van der Waals surface area contributed by atoms with E-state index >= 15 is 0 Å². The maximum atomic E-state index is 3.55. The summed E-state index contributed by atoms with van der Waals surface area (Å²) in [7, 11) is 0. The molecule has 0 radical (unpaired) electrons. The van der Waals surface area contributed by atoms with E-state index in [-0.39, 0.29) is 0 Å². The van der Waals surface area contributed by atoms with E-state index in [1.807, 2.05) is 0 Å². The zero-order valence-electron chi connectivity index (χ0n) is 9.04. The average molecular weight is 194 g/mol. The van der Waals surface area contributed by atoms with Crippen molar-refractivity contribution < 1.29 is 0 Å². The van der Waals surface area contributed by atoms with Crippen molar-refractivity contribution in [1.29, 1.82) is 0 Å². The Bertz CT molecular complexity index is 196. The Labute approximate surface area is 87.0 Å². The number of rotatable bonds is 3. The molecule has 0 bridgehead atoms. The molecule has 1 unspecified atom stereocenters. The number of nitrogens with one attached hydrogen (secondary N) is 1. The van der Waals surface area contributed by atoms with E-state index in [4.69, 9.17) is 0 Å². The lowest BCUT2D eigenvalue weighted by Crippen LogP contribution is -2.54. The molecule has 1 heterocycles. The third-order valence-corrected chi connectivity index (χ3v) is 4.28. The predicted octanol–water partition coefficient (Wildman–Crippen LogP) is 1.47. The normalized spacial score (nSPS) is 35.6. The van der Waals surface area contributed by atoms with Gasteiger partial charge in [-0.25, -0.2) is 0 Å². The first-order valence-corrected chi connectivity index (χ1v) is 6.38. The lowest BCUT2D eigenvalue weighted by molar-refractivity contribution is 0.0982. The van der Waals surface area contributed by atoms with Crippen LogP contribution in [0.4, 0.5) is 0 Å². The minimum atomic E-state index is 0.893. The zero-order chi connectivity index (χ0) is 9.38. The van der Waals surface area contributed by atoms with E-state index in [1.54, 1.807) is 0 Å². The van der Waals surface area contributed by atoms with Crippen molar-refractivity contribution in [3.63, 3.8) is 0 Å². The Morgan fingerprint density at radius 1 is 1.14 bits per heavy atom. The molecule has 3 rings (SSSR count). The summed E-state index contributed by atoms with van der Waals surface area (Å²) < 4.78 is 0. The van der Waals surface area contributed by atoms with Gasteiger partial charge in [-0.2, -0.15) is 0 Å². The lowest BCUT2D eigenvalue weighted by Gasteiger charge is -2.40. The maximum Gasteiger partial charge on any atom is 0.0249 e. The fraction of sp³-hybridized carbons (Fsp3) is 1.00. The second kappa shape index (κ2) is 3.82. The van der Waals surface area contributed by atoms with E-state index in [2.05, 4.69) is 10.2 Å². The minimum Gasteiger partial charge on any atom is -0.314 e. The van der Waals surface area contributed by atoms with Crippen molar-refractivity contribution >= 4 is 0 Å². The minimum absolute atomic E-state index is 0.893. The van der Waals surface area contributed by atoms with E-state index in [0.717, 1.165) is 17.9 Å². The third kappa shape index (κ3) is 1.82. The maximum absolute atomic E-state index is 3.55. The Hall–Kier alpha value is -0.0800. The summed E-state index contributed by atoms with van der Waals surface area (Å²) in [5.74, 6) is 2.09. The molecule has 14 heavy (non-hydrogen) atoms. The van der Waals surface area contributed by atoms with Crippen LogP contribution in [0.1, 0.15) is 32.1 Å². The molecule has 0 aromatic heterocycles. The molecule has 0 amide bonds. The first-order valence-electron chi connectivity index (χ1n) is 6.38. The average Bonchev–Trinajstić information content (AvgIpc) is 2.95. The number of nitrogens with zero attached hydrogens (tertiary/aromatic N) is 1. The Morgan fingerprint density at radius 3 is 2.64 bits per heavy atom. The molecule has 1 N–H and O–H groups in total. The fourth-order valence-electron chi connectivity index (χ4n) is 2.95. The van der Waals surface area contributed by atoms with E-state index in [0.29, 0.717) is 0 Å². The summed E-state index contributed by atoms with van der Waals surface area (Å²) in [5, 5.41) is 3.55. The fourth-order valence-corrected chi connectivity index (χ4v) is 2.95. The number of hydrogen-bond acceptors (Lipinski definition) is 2. The number of piperazine rings is 1. The van der Waals surface area contributed by atoms with Crippen molar-refractivity contribution in [3.8, 4) is 0 Å². The van der Waals surface area contributed by atoms with Crippen LogP contribution in [0.2, 0.25) is 0 Å². The summed E-state index contributed by atoms with van der Waals surface area (Å²) in [6.07, 6.45) is 7.48. The Morgan fingerprint density at radius 2 is 2.00 bits per heavy atom. The number of hydrogen-bond donors (Lipinski definition) is 1. The quantitative estimate of drug-likeness (QED) is 0.732. The van der Waals surface area contributed by atoms with Gasteiger partial charge in [-0.05, 0) is 37.5 Å². The highest BCUT2D eigenvalue weighted by Gasteiger charge is 2.37. The summed E-state index contributed by atoms with van der Waals surface area (Å²) >= 11 is 0. The third-order valence-electron chi connectivity index (χ3n) is 4.28. The SMILES string of the molecule is C1CC(CN2CCNCC2C2CC2)C1. The summed E-state index contributed by atoms with van der Waals surface area (Å²) in [4.78, 5) is 2.79. The highest BCUT2D eigenvalue weighted by Crippen LogP contribution is 2.37. The van der Waals surface area contributed by atoms with Gasteiger partial charge in [-0.1, -0.05) is 6.42 Å². The topological polar surface area (TPSA) is 15.3 Å². The van der Waals surface area contributed by atoms with Crippen molar-refractivity contribution in [2.24, 2.45) is 11.8 Å². The summed E-state index contributed by atoms with van der Waals surface area (Å²) in [5.41, 5.74) is 0. The van der Waals surface area contributed by atoms with Crippen LogP contribution in [0.15, 0.2) is 0 Å². The molecular formula is C12H22N2. The van der Waals surface area contributed by atoms with Crippen molar-refractivity contribution in [2.75, 3.05) is 26.2 Å². The van der Waals surface area contributed by atoms with E-state index < -0.39 is 0 Å². The molecule has 2 nitrogen and oxygen atoms in total. The predicted molar refractivity (Wildman–Crippen MR) is 58.3 cm³/mol. The molecule has 0 spiro atoms. The summed E-state index contributed by atoms with van der Waals surface area (Å²) in [6.45, 7) is 5.19. The van der Waals surface area contributed by atoms with Gasteiger partial charge in [0.25, 0.3) is 0 Å². The molecule has 2 aliphatic carbocycles. The van der Waals surface area contributed by atoms with Gasteiger partial charge in [0.1, 0.15) is 0 Å². The highest BCUT2D eigenvalue weighted by atomic mass is 15.2. The van der Waals surface area contributed by atoms with Crippen molar-refractivity contribution in [3.05, 3.63) is 0 Å². The van der Waals surface area contributed by atoms with Gasteiger partial charge < -0.3 is 5.32 Å². The Kier molecular flexibility index (Phi) is 2.50. The Balaban J connectivity index is 1.56. The van der Waals surface area contributed by atoms with Gasteiger partial charge >= 0.3 is 0 Å². The molecule has 0 aromatic rings. The van der Waals surface area contributed by atoms with Gasteiger partial charge in [-0.3, -0.25) is 4.90 Å². The molecule has 1 aliphatic heterocycles. The van der Waals surface area contributed by atoms with Crippen LogP contribution in [0, 0.1) is 11.8 Å². The second-order valence-corrected chi connectivity index (χ2v) is 5.40. The highest BCUT2D eigenvalue weighted by molar-refractivity contribution is 4.93. The van der Waals surface area contributed by atoms with Crippen LogP contribution in [-0.4, -0.2) is 37.1 Å². The molecule has 1 saturated heterocycles. The smallest absolute Gasteiger partial charge is 0.0249 e. The van der Waals surface area contributed by atoms with E-state index in [9.17, 15) is 0 Å². The molecular weight excluding hydrogens is 172 g/mol. The first kappa shape index (κ1) is 9.17. The van der Waals surface area contributed by atoms with Gasteiger partial charge in [0, 0.05) is 32.2 Å². The van der Waals surface area contributed by atoms with Gasteiger partial charge in [0.05, 0.1) is 0 Å². The van der Waals surface area contributed by atoms with Crippen LogP contribution in [0.5, 0.6) is 0 Å². The molecule has 1 atom stereocenters. The standard InChI is InChI=1S/C12H22N2/c1-2-10(3-1)9-14-7-6-13-8-12(14)11-4-5-11/h10-13H,1-9H2. The second-order valence-electron chi connectivity index (χ2n) is 5.40. The molecule has 80 valence electrons. The van der Waals surface area contributed by atoms with Crippen LogP contribution in [0.25, 0.3) is 0 Å². The van der Waals surface area contributed by atoms with Crippen LogP contribution in [-0.2, 0) is 0 Å². The van der Waals surface area contributed by atoms with Crippen molar-refractivity contribution in [1.82, 2.24) is 10.2 Å². The van der Waals surface area contributed by atoms with Crippen LogP contribution >= 0.6 is 0 Å². The lowest BCUT2D eigenvalue weighted by atomic mass is 9.84. The molecule has 2 saturated carbocycles. The van der Waals surface area contributed by atoms with Crippen LogP contribution in [0.3, 0.4) is 0 Å². The molecule has 0 aromatic carbocycles. The molecule has 2 heteroatoms. The van der Waals surface area contributed by atoms with Crippen molar-refractivity contribution in [2.45, 2.75) is 38.1 Å². The molecule has 3 fully saturated rings. The zero-order valence-corrected chi connectivity index (χ0v) is 9.04. The molecule has 3 aliphatic rings.